The molecule has 1 aliphatic heterocycles. The third-order valence-corrected chi connectivity index (χ3v) is 7.26. The molecule has 2 heterocycles. The van der Waals surface area contributed by atoms with E-state index in [0.717, 1.165) is 49.1 Å². The van der Waals surface area contributed by atoms with E-state index in [1.807, 2.05) is 6.07 Å². The summed E-state index contributed by atoms with van der Waals surface area (Å²) < 4.78 is 6.66. The first-order chi connectivity index (χ1) is 15.0. The summed E-state index contributed by atoms with van der Waals surface area (Å²) in [6.45, 7) is 7.07. The predicted molar refractivity (Wildman–Crippen MR) is 128 cm³/mol. The highest BCUT2D eigenvalue weighted by Gasteiger charge is 2.21. The van der Waals surface area contributed by atoms with E-state index in [1.165, 1.54) is 10.3 Å². The molecule has 1 amide bonds. The van der Waals surface area contributed by atoms with Gasteiger partial charge in [-0.1, -0.05) is 40.6 Å². The minimum absolute atomic E-state index is 0.204. The Balaban J connectivity index is 1.30. The number of hydrogen-bond acceptors (Lipinski definition) is 6. The molecule has 3 aromatic rings. The highest BCUT2D eigenvalue weighted by molar-refractivity contribution is 7.22. The van der Waals surface area contributed by atoms with Gasteiger partial charge < -0.3 is 15.0 Å². The molecule has 0 spiro atoms. The quantitative estimate of drug-likeness (QED) is 0.566. The number of carbonyl (C=O) groups excluding carboxylic acids is 1. The zero-order chi connectivity index (χ0) is 22.0. The van der Waals surface area contributed by atoms with Crippen LogP contribution in [0.3, 0.4) is 0 Å². The number of fused-ring (bicyclic) bond motifs is 1. The van der Waals surface area contributed by atoms with Crippen molar-refractivity contribution < 1.29 is 9.53 Å². The minimum atomic E-state index is -0.204. The zero-order valence-corrected chi connectivity index (χ0v) is 19.8. The summed E-state index contributed by atoms with van der Waals surface area (Å²) in [5, 5.41) is 4.86. The molecule has 9 heteroatoms. The number of hydrogen-bond donors (Lipinski definition) is 1. The van der Waals surface area contributed by atoms with Gasteiger partial charge in [0.1, 0.15) is 11.3 Å². The number of nitrogens with zero attached hydrogens (tertiary/aromatic N) is 3. The van der Waals surface area contributed by atoms with Crippen LogP contribution < -0.4 is 15.0 Å². The van der Waals surface area contributed by atoms with E-state index in [0.29, 0.717) is 22.2 Å². The van der Waals surface area contributed by atoms with Crippen molar-refractivity contribution in [2.75, 3.05) is 51.3 Å². The average Bonchev–Trinajstić information content (AvgIpc) is 3.22. The second-order valence-corrected chi connectivity index (χ2v) is 9.29. The van der Waals surface area contributed by atoms with Crippen LogP contribution in [0.4, 0.5) is 5.13 Å². The first-order valence-corrected chi connectivity index (χ1v) is 11.7. The number of ether oxygens (including phenoxy) is 1. The third kappa shape index (κ3) is 4.90. The van der Waals surface area contributed by atoms with Crippen molar-refractivity contribution in [1.82, 2.24) is 15.2 Å². The SMILES string of the molecule is COc1ccc(C)c2sc(N3CCN(CCNC(=O)c4cc(Cl)ccc4Cl)CC3)nc12. The van der Waals surface area contributed by atoms with Gasteiger partial charge in [0, 0.05) is 44.3 Å². The molecule has 0 unspecified atom stereocenters. The van der Waals surface area contributed by atoms with E-state index in [1.54, 1.807) is 36.6 Å². The molecule has 0 saturated carbocycles. The van der Waals surface area contributed by atoms with Crippen molar-refractivity contribution in [1.29, 1.82) is 0 Å². The minimum Gasteiger partial charge on any atom is -0.494 e. The summed E-state index contributed by atoms with van der Waals surface area (Å²) in [5.74, 6) is 0.613. The maximum Gasteiger partial charge on any atom is 0.252 e. The van der Waals surface area contributed by atoms with E-state index in [2.05, 4.69) is 28.1 Å². The Bertz CT molecular complexity index is 1100. The Labute approximate surface area is 195 Å². The van der Waals surface area contributed by atoms with Gasteiger partial charge in [-0.2, -0.15) is 0 Å². The van der Waals surface area contributed by atoms with Crippen molar-refractivity contribution in [2.45, 2.75) is 6.92 Å². The molecule has 1 fully saturated rings. The zero-order valence-electron chi connectivity index (χ0n) is 17.5. The summed E-state index contributed by atoms with van der Waals surface area (Å²) in [5.41, 5.74) is 2.56. The maximum absolute atomic E-state index is 12.4. The summed E-state index contributed by atoms with van der Waals surface area (Å²) in [4.78, 5) is 21.9. The number of nitrogens with one attached hydrogen (secondary N) is 1. The Kier molecular flexibility index (Phi) is 6.86. The lowest BCUT2D eigenvalue weighted by atomic mass is 10.2. The molecule has 164 valence electrons. The van der Waals surface area contributed by atoms with Gasteiger partial charge in [-0.3, -0.25) is 9.69 Å². The van der Waals surface area contributed by atoms with Crippen LogP contribution >= 0.6 is 34.5 Å². The Morgan fingerprint density at radius 2 is 1.97 bits per heavy atom. The number of aromatic nitrogens is 1. The van der Waals surface area contributed by atoms with Crippen LogP contribution in [0.25, 0.3) is 10.2 Å². The topological polar surface area (TPSA) is 57.7 Å². The van der Waals surface area contributed by atoms with Crippen molar-refractivity contribution >= 4 is 55.8 Å². The van der Waals surface area contributed by atoms with Gasteiger partial charge in [-0.05, 0) is 36.8 Å². The number of halogens is 2. The smallest absolute Gasteiger partial charge is 0.252 e. The van der Waals surface area contributed by atoms with Crippen LogP contribution in [-0.2, 0) is 0 Å². The first-order valence-electron chi connectivity index (χ1n) is 10.1. The molecule has 1 aliphatic rings. The van der Waals surface area contributed by atoms with Gasteiger partial charge in [0.15, 0.2) is 5.13 Å². The number of aryl methyl sites for hydroxylation is 1. The first kappa shape index (κ1) is 22.1. The Hall–Kier alpha value is -2.06. The van der Waals surface area contributed by atoms with Gasteiger partial charge in [-0.15, -0.1) is 0 Å². The van der Waals surface area contributed by atoms with Crippen LogP contribution in [0.1, 0.15) is 15.9 Å². The Morgan fingerprint density at radius 3 is 2.71 bits per heavy atom. The van der Waals surface area contributed by atoms with Crippen molar-refractivity contribution in [2.24, 2.45) is 0 Å². The molecule has 31 heavy (non-hydrogen) atoms. The standard InChI is InChI=1S/C22H24Cl2N4O2S/c1-14-3-6-18(30-2)19-20(14)31-22(26-19)28-11-9-27(10-12-28)8-7-25-21(29)16-13-15(23)4-5-17(16)24/h3-6,13H,7-12H2,1-2H3,(H,25,29). The lowest BCUT2D eigenvalue weighted by Crippen LogP contribution is -2.48. The lowest BCUT2D eigenvalue weighted by molar-refractivity contribution is 0.0948. The fourth-order valence-corrected chi connectivity index (χ4v) is 5.13. The summed E-state index contributed by atoms with van der Waals surface area (Å²) in [6.07, 6.45) is 0. The highest BCUT2D eigenvalue weighted by Crippen LogP contribution is 2.36. The van der Waals surface area contributed by atoms with Crippen molar-refractivity contribution in [3.63, 3.8) is 0 Å². The molecule has 0 bridgehead atoms. The van der Waals surface area contributed by atoms with E-state index in [-0.39, 0.29) is 5.91 Å². The number of amides is 1. The van der Waals surface area contributed by atoms with Gasteiger partial charge >= 0.3 is 0 Å². The van der Waals surface area contributed by atoms with E-state index >= 15 is 0 Å². The third-order valence-electron chi connectivity index (χ3n) is 5.44. The molecule has 1 N–H and O–H groups in total. The summed E-state index contributed by atoms with van der Waals surface area (Å²) in [6, 6.07) is 8.95. The largest absolute Gasteiger partial charge is 0.494 e. The molecule has 6 nitrogen and oxygen atoms in total. The molecule has 1 saturated heterocycles. The number of rotatable bonds is 6. The lowest BCUT2D eigenvalue weighted by Gasteiger charge is -2.34. The summed E-state index contributed by atoms with van der Waals surface area (Å²) >= 11 is 13.8. The number of piperazine rings is 1. The van der Waals surface area contributed by atoms with Crippen LogP contribution in [0, 0.1) is 6.92 Å². The van der Waals surface area contributed by atoms with Crippen LogP contribution in [0.5, 0.6) is 5.75 Å². The predicted octanol–water partition coefficient (Wildman–Crippen LogP) is 4.47. The molecule has 0 aliphatic carbocycles. The van der Waals surface area contributed by atoms with Crippen molar-refractivity contribution in [3.8, 4) is 5.75 Å². The number of carbonyl (C=O) groups is 1. The van der Waals surface area contributed by atoms with E-state index in [4.69, 9.17) is 32.9 Å². The number of benzene rings is 2. The second kappa shape index (κ2) is 9.61. The molecular formula is C22H24Cl2N4O2S. The normalized spacial score (nSPS) is 14.8. The monoisotopic (exact) mass is 478 g/mol. The fraction of sp³-hybridized carbons (Fsp3) is 0.364. The number of anilines is 1. The van der Waals surface area contributed by atoms with Gasteiger partial charge in [0.05, 0.1) is 22.4 Å². The van der Waals surface area contributed by atoms with Crippen LogP contribution in [0.2, 0.25) is 10.0 Å². The van der Waals surface area contributed by atoms with Gasteiger partial charge in [0.25, 0.3) is 5.91 Å². The van der Waals surface area contributed by atoms with Crippen LogP contribution in [-0.4, -0.2) is 62.2 Å². The molecule has 2 aromatic carbocycles. The molecule has 4 rings (SSSR count). The maximum atomic E-state index is 12.4. The van der Waals surface area contributed by atoms with Crippen molar-refractivity contribution in [3.05, 3.63) is 51.5 Å². The van der Waals surface area contributed by atoms with Gasteiger partial charge in [0.2, 0.25) is 0 Å². The number of methoxy groups -OCH3 is 1. The fourth-order valence-electron chi connectivity index (χ4n) is 3.66. The number of thiazole rings is 1. The van der Waals surface area contributed by atoms with Gasteiger partial charge in [-0.25, -0.2) is 4.98 Å². The van der Waals surface area contributed by atoms with E-state index < -0.39 is 0 Å². The summed E-state index contributed by atoms with van der Waals surface area (Å²) in [7, 11) is 1.68. The molecule has 0 atom stereocenters. The molecular weight excluding hydrogens is 455 g/mol. The highest BCUT2D eigenvalue weighted by atomic mass is 35.5. The Morgan fingerprint density at radius 1 is 1.19 bits per heavy atom. The van der Waals surface area contributed by atoms with Crippen LogP contribution in [0.15, 0.2) is 30.3 Å². The molecule has 0 radical (unpaired) electrons. The van der Waals surface area contributed by atoms with E-state index in [9.17, 15) is 4.79 Å². The second-order valence-electron chi connectivity index (χ2n) is 7.47. The average molecular weight is 479 g/mol. The molecule has 1 aromatic heterocycles.